The van der Waals surface area contributed by atoms with Crippen molar-refractivity contribution in [3.63, 3.8) is 0 Å². The highest BCUT2D eigenvalue weighted by molar-refractivity contribution is 7.10. The first kappa shape index (κ1) is 22.2. The Kier molecular flexibility index (Phi) is 6.42. The van der Waals surface area contributed by atoms with E-state index >= 15 is 0 Å². The molecule has 4 rings (SSSR count). The molecule has 1 amide bonds. The maximum Gasteiger partial charge on any atom is 0.339 e. The van der Waals surface area contributed by atoms with Crippen LogP contribution in [-0.2, 0) is 16.0 Å². The number of para-hydroxylation sites is 1. The smallest absolute Gasteiger partial charge is 0.339 e. The Morgan fingerprint density at radius 3 is 2.53 bits per heavy atom. The van der Waals surface area contributed by atoms with Crippen LogP contribution in [0.2, 0.25) is 0 Å². The lowest BCUT2D eigenvalue weighted by Gasteiger charge is -2.30. The van der Waals surface area contributed by atoms with Gasteiger partial charge in [-0.05, 0) is 75.3 Å². The molecule has 32 heavy (non-hydrogen) atoms. The van der Waals surface area contributed by atoms with Crippen molar-refractivity contribution in [1.82, 2.24) is 9.88 Å². The van der Waals surface area contributed by atoms with Gasteiger partial charge in [0, 0.05) is 22.3 Å². The van der Waals surface area contributed by atoms with Crippen molar-refractivity contribution in [1.29, 1.82) is 0 Å². The van der Waals surface area contributed by atoms with Gasteiger partial charge < -0.3 is 9.64 Å². The fourth-order valence-corrected chi connectivity index (χ4v) is 5.19. The number of carbonyl (C=O) groups excluding carboxylic acids is 2. The van der Waals surface area contributed by atoms with Crippen molar-refractivity contribution in [2.75, 3.05) is 6.61 Å². The highest BCUT2D eigenvalue weighted by Gasteiger charge is 2.29. The van der Waals surface area contributed by atoms with Crippen molar-refractivity contribution >= 4 is 45.8 Å². The Morgan fingerprint density at radius 1 is 1.09 bits per heavy atom. The molecule has 0 unspecified atom stereocenters. The maximum atomic E-state index is 13.3. The topological polar surface area (TPSA) is 59.5 Å². The van der Waals surface area contributed by atoms with Gasteiger partial charge in [0.1, 0.15) is 0 Å². The second-order valence-electron chi connectivity index (χ2n) is 8.58. The van der Waals surface area contributed by atoms with Crippen LogP contribution in [0.15, 0.2) is 41.8 Å². The second kappa shape index (κ2) is 9.25. The fraction of sp³-hybridized carbons (Fsp3) is 0.346. The number of thiophene rings is 1. The molecule has 0 radical (unpaired) electrons. The maximum absolute atomic E-state index is 13.3. The molecular weight excluding hydrogens is 420 g/mol. The molecule has 1 aliphatic rings. The van der Waals surface area contributed by atoms with E-state index in [-0.39, 0.29) is 24.6 Å². The molecule has 0 atom stereocenters. The van der Waals surface area contributed by atoms with Crippen molar-refractivity contribution in [2.45, 2.75) is 52.6 Å². The quantitative estimate of drug-likeness (QED) is 0.462. The molecule has 3 aromatic rings. The molecular formula is C26H28N2O3S. The van der Waals surface area contributed by atoms with Crippen LogP contribution < -0.4 is 0 Å². The van der Waals surface area contributed by atoms with E-state index in [0.29, 0.717) is 5.56 Å². The third-order valence-corrected chi connectivity index (χ3v) is 6.55. The van der Waals surface area contributed by atoms with E-state index < -0.39 is 5.97 Å². The highest BCUT2D eigenvalue weighted by atomic mass is 32.1. The Morgan fingerprint density at radius 2 is 1.84 bits per heavy atom. The van der Waals surface area contributed by atoms with Crippen LogP contribution >= 0.6 is 11.3 Å². The van der Waals surface area contributed by atoms with Crippen LogP contribution in [0, 0.1) is 0 Å². The summed E-state index contributed by atoms with van der Waals surface area (Å²) in [6.45, 7) is 7.59. The molecule has 0 aliphatic heterocycles. The van der Waals surface area contributed by atoms with Gasteiger partial charge in [0.2, 0.25) is 0 Å². The Balaban J connectivity index is 1.68. The van der Waals surface area contributed by atoms with Gasteiger partial charge in [0.15, 0.2) is 6.61 Å². The number of amides is 1. The molecule has 2 heterocycles. The van der Waals surface area contributed by atoms with Crippen LogP contribution in [0.3, 0.4) is 0 Å². The lowest BCUT2D eigenvalue weighted by molar-refractivity contribution is -0.138. The van der Waals surface area contributed by atoms with E-state index in [2.05, 4.69) is 12.1 Å². The predicted octanol–water partition coefficient (Wildman–Crippen LogP) is 5.59. The van der Waals surface area contributed by atoms with Crippen LogP contribution in [0.25, 0.3) is 22.6 Å². The van der Waals surface area contributed by atoms with E-state index in [1.807, 2.05) is 63.4 Å². The highest BCUT2D eigenvalue weighted by Crippen LogP contribution is 2.38. The summed E-state index contributed by atoms with van der Waals surface area (Å²) in [5.74, 6) is -0.644. The minimum Gasteiger partial charge on any atom is -0.452 e. The molecule has 6 heteroatoms. The van der Waals surface area contributed by atoms with Crippen LogP contribution in [0.5, 0.6) is 0 Å². The van der Waals surface area contributed by atoms with E-state index in [1.54, 1.807) is 16.2 Å². The average molecular weight is 449 g/mol. The van der Waals surface area contributed by atoms with E-state index in [0.717, 1.165) is 40.6 Å². The number of hydrogen-bond acceptors (Lipinski definition) is 5. The van der Waals surface area contributed by atoms with Gasteiger partial charge in [-0.1, -0.05) is 24.3 Å². The lowest BCUT2D eigenvalue weighted by atomic mass is 10.0. The number of benzene rings is 1. The molecule has 0 saturated carbocycles. The Bertz CT molecular complexity index is 1170. The van der Waals surface area contributed by atoms with Gasteiger partial charge in [-0.15, -0.1) is 11.3 Å². The van der Waals surface area contributed by atoms with Gasteiger partial charge in [-0.3, -0.25) is 4.79 Å². The predicted molar refractivity (Wildman–Crippen MR) is 130 cm³/mol. The molecule has 0 spiro atoms. The van der Waals surface area contributed by atoms with Crippen LogP contribution in [0.1, 0.15) is 60.6 Å². The molecule has 2 aromatic heterocycles. The Hall–Kier alpha value is -2.99. The van der Waals surface area contributed by atoms with Crippen molar-refractivity contribution < 1.29 is 14.3 Å². The summed E-state index contributed by atoms with van der Waals surface area (Å²) in [5, 5.41) is 2.82. The summed E-state index contributed by atoms with van der Waals surface area (Å²) in [6, 6.07) is 11.8. The summed E-state index contributed by atoms with van der Waals surface area (Å²) in [5.41, 5.74) is 4.20. The third-order valence-electron chi connectivity index (χ3n) is 5.73. The minimum absolute atomic E-state index is 0.0390. The van der Waals surface area contributed by atoms with Crippen LogP contribution in [-0.4, -0.2) is 40.5 Å². The number of rotatable bonds is 6. The third kappa shape index (κ3) is 4.32. The average Bonchev–Trinajstić information content (AvgIpc) is 3.40. The number of carbonyl (C=O) groups is 2. The van der Waals surface area contributed by atoms with Crippen molar-refractivity contribution in [3.8, 4) is 0 Å². The number of allylic oxidation sites excluding steroid dienone is 1. The SMILES string of the molecule is CC(C)N(C(=O)COC(=O)c1c2c(nc3ccccc13)C(=Cc1cccs1)CC2)C(C)C. The minimum atomic E-state index is -0.460. The lowest BCUT2D eigenvalue weighted by Crippen LogP contribution is -2.44. The fourth-order valence-electron chi connectivity index (χ4n) is 4.50. The first-order valence-corrected chi connectivity index (χ1v) is 11.9. The number of aromatic nitrogens is 1. The zero-order valence-corrected chi connectivity index (χ0v) is 19.7. The van der Waals surface area contributed by atoms with E-state index in [1.165, 1.54) is 4.88 Å². The summed E-state index contributed by atoms with van der Waals surface area (Å²) in [4.78, 5) is 33.8. The normalized spacial score (nSPS) is 14.4. The number of nitrogens with zero attached hydrogens (tertiary/aromatic N) is 2. The first-order chi connectivity index (χ1) is 15.4. The number of ether oxygens (including phenoxy) is 1. The van der Waals surface area contributed by atoms with Crippen molar-refractivity contribution in [2.24, 2.45) is 0 Å². The van der Waals surface area contributed by atoms with E-state index in [4.69, 9.17) is 9.72 Å². The zero-order chi connectivity index (χ0) is 22.8. The number of pyridine rings is 1. The summed E-state index contributed by atoms with van der Waals surface area (Å²) in [7, 11) is 0. The monoisotopic (exact) mass is 448 g/mol. The molecule has 166 valence electrons. The standard InChI is InChI=1S/C26H28N2O3S/c1-16(2)28(17(3)4)23(29)15-31-26(30)24-20-9-5-6-10-22(20)27-25-18(11-12-21(24)25)14-19-8-7-13-32-19/h5-10,13-14,16-17H,11-12,15H2,1-4H3. The van der Waals surface area contributed by atoms with Gasteiger partial charge in [0.05, 0.1) is 16.8 Å². The molecule has 0 N–H and O–H groups in total. The molecule has 5 nitrogen and oxygen atoms in total. The molecule has 0 fully saturated rings. The van der Waals surface area contributed by atoms with Gasteiger partial charge in [-0.25, -0.2) is 9.78 Å². The molecule has 0 bridgehead atoms. The zero-order valence-electron chi connectivity index (χ0n) is 18.9. The van der Waals surface area contributed by atoms with Gasteiger partial charge in [-0.2, -0.15) is 0 Å². The van der Waals surface area contributed by atoms with Gasteiger partial charge >= 0.3 is 5.97 Å². The number of fused-ring (bicyclic) bond motifs is 2. The second-order valence-corrected chi connectivity index (χ2v) is 9.56. The Labute approximate surface area is 192 Å². The van der Waals surface area contributed by atoms with Gasteiger partial charge in [0.25, 0.3) is 5.91 Å². The van der Waals surface area contributed by atoms with Crippen molar-refractivity contribution in [3.05, 3.63) is 63.5 Å². The largest absolute Gasteiger partial charge is 0.452 e. The number of esters is 1. The summed E-state index contributed by atoms with van der Waals surface area (Å²) in [6.07, 6.45) is 3.71. The summed E-state index contributed by atoms with van der Waals surface area (Å²) >= 11 is 1.68. The first-order valence-electron chi connectivity index (χ1n) is 11.0. The molecule has 0 saturated heterocycles. The van der Waals surface area contributed by atoms with Crippen LogP contribution in [0.4, 0.5) is 0 Å². The number of hydrogen-bond donors (Lipinski definition) is 0. The van der Waals surface area contributed by atoms with E-state index in [9.17, 15) is 9.59 Å². The summed E-state index contributed by atoms with van der Waals surface area (Å²) < 4.78 is 5.57. The molecule has 1 aliphatic carbocycles. The molecule has 1 aromatic carbocycles.